The van der Waals surface area contributed by atoms with Gasteiger partial charge in [0.25, 0.3) is 0 Å². The van der Waals surface area contributed by atoms with Gasteiger partial charge in [0, 0.05) is 0 Å². The zero-order chi connectivity index (χ0) is 19.3. The zero-order valence-electron chi connectivity index (χ0n) is 13.3. The number of ether oxygens (including phenoxy) is 3. The van der Waals surface area contributed by atoms with Crippen LogP contribution in [0.4, 0.5) is 13.2 Å². The molecule has 2 aromatic carbocycles. The number of para-hydroxylation sites is 1. The number of rotatable bonds is 6. The number of hydrogen-bond acceptors (Lipinski definition) is 4. The number of halogens is 5. The van der Waals surface area contributed by atoms with Crippen LogP contribution < -0.4 is 9.47 Å². The third kappa shape index (κ3) is 5.19. The van der Waals surface area contributed by atoms with Crippen molar-refractivity contribution in [2.24, 2.45) is 0 Å². The second-order valence-corrected chi connectivity index (χ2v) is 5.83. The number of methoxy groups -OCH3 is 1. The van der Waals surface area contributed by atoms with E-state index >= 15 is 0 Å². The molecule has 1 atom stereocenters. The summed E-state index contributed by atoms with van der Waals surface area (Å²) in [6.07, 6.45) is -5.72. The average molecular weight is 409 g/mol. The molecule has 0 aliphatic carbocycles. The minimum Gasteiger partial charge on any atom is -0.488 e. The fourth-order valence-electron chi connectivity index (χ4n) is 1.93. The Balaban J connectivity index is 2.12. The summed E-state index contributed by atoms with van der Waals surface area (Å²) in [5.41, 5.74) is -0.910. The molecule has 0 heterocycles. The van der Waals surface area contributed by atoms with E-state index in [0.29, 0.717) is 0 Å². The van der Waals surface area contributed by atoms with Crippen molar-refractivity contribution in [3.63, 3.8) is 0 Å². The average Bonchev–Trinajstić information content (AvgIpc) is 2.59. The van der Waals surface area contributed by atoms with Gasteiger partial charge in [0.1, 0.15) is 18.1 Å². The van der Waals surface area contributed by atoms with E-state index in [-0.39, 0.29) is 28.2 Å². The molecule has 2 aromatic rings. The minimum absolute atomic E-state index is 0.0312. The van der Waals surface area contributed by atoms with Gasteiger partial charge >= 0.3 is 12.1 Å². The smallest absolute Gasteiger partial charge is 0.416 e. The van der Waals surface area contributed by atoms with Crippen molar-refractivity contribution in [1.29, 1.82) is 0 Å². The van der Waals surface area contributed by atoms with Crippen LogP contribution in [0.3, 0.4) is 0 Å². The Labute approximate surface area is 157 Å². The summed E-state index contributed by atoms with van der Waals surface area (Å²) in [6, 6.07) is 9.07. The predicted molar refractivity (Wildman–Crippen MR) is 89.8 cm³/mol. The first-order chi connectivity index (χ1) is 12.2. The molecule has 0 radical (unpaired) electrons. The SMILES string of the molecule is COC(=O)C(COc1ccc(C(F)(F)F)cc1Cl)Oc1ccccc1Cl. The van der Waals surface area contributed by atoms with Gasteiger partial charge in [-0.15, -0.1) is 0 Å². The summed E-state index contributed by atoms with van der Waals surface area (Å²) in [5, 5.41) is 0.0233. The van der Waals surface area contributed by atoms with Crippen LogP contribution in [-0.2, 0) is 15.7 Å². The lowest BCUT2D eigenvalue weighted by atomic mass is 10.2. The van der Waals surface area contributed by atoms with E-state index in [0.717, 1.165) is 25.3 Å². The highest BCUT2D eigenvalue weighted by Gasteiger charge is 2.31. The van der Waals surface area contributed by atoms with Crippen molar-refractivity contribution in [3.05, 3.63) is 58.1 Å². The Bertz CT molecular complexity index is 781. The van der Waals surface area contributed by atoms with Crippen LogP contribution in [-0.4, -0.2) is 25.8 Å². The second-order valence-electron chi connectivity index (χ2n) is 5.01. The molecule has 2 rings (SSSR count). The molecule has 0 saturated carbocycles. The molecule has 0 saturated heterocycles. The first-order valence-corrected chi connectivity index (χ1v) is 7.96. The molecule has 1 unspecified atom stereocenters. The Morgan fingerprint density at radius 2 is 1.77 bits per heavy atom. The van der Waals surface area contributed by atoms with Gasteiger partial charge in [-0.3, -0.25) is 0 Å². The molecule has 0 spiro atoms. The highest BCUT2D eigenvalue weighted by molar-refractivity contribution is 6.32. The fraction of sp³-hybridized carbons (Fsp3) is 0.235. The van der Waals surface area contributed by atoms with Crippen molar-refractivity contribution < 1.29 is 32.2 Å². The summed E-state index contributed by atoms with van der Waals surface area (Å²) < 4.78 is 53.4. The Morgan fingerprint density at radius 3 is 2.35 bits per heavy atom. The number of benzene rings is 2. The van der Waals surface area contributed by atoms with Gasteiger partial charge in [-0.1, -0.05) is 35.3 Å². The van der Waals surface area contributed by atoms with Gasteiger partial charge in [0.2, 0.25) is 6.10 Å². The minimum atomic E-state index is -4.52. The highest BCUT2D eigenvalue weighted by Crippen LogP contribution is 2.35. The van der Waals surface area contributed by atoms with Crippen LogP contribution in [0.1, 0.15) is 5.56 Å². The number of carbonyl (C=O) groups excluding carboxylic acids is 1. The highest BCUT2D eigenvalue weighted by atomic mass is 35.5. The van der Waals surface area contributed by atoms with Crippen molar-refractivity contribution in [3.8, 4) is 11.5 Å². The van der Waals surface area contributed by atoms with Crippen molar-refractivity contribution in [2.45, 2.75) is 12.3 Å². The second kappa shape index (κ2) is 8.51. The molecule has 0 N–H and O–H groups in total. The lowest BCUT2D eigenvalue weighted by Gasteiger charge is -2.19. The summed E-state index contributed by atoms with van der Waals surface area (Å²) in [4.78, 5) is 11.9. The van der Waals surface area contributed by atoms with Crippen molar-refractivity contribution in [2.75, 3.05) is 13.7 Å². The number of esters is 1. The quantitative estimate of drug-likeness (QED) is 0.630. The third-order valence-corrected chi connectivity index (χ3v) is 3.83. The summed E-state index contributed by atoms with van der Waals surface area (Å²) in [6.45, 7) is -0.344. The molecule has 0 aliphatic rings. The van der Waals surface area contributed by atoms with E-state index in [2.05, 4.69) is 4.74 Å². The largest absolute Gasteiger partial charge is 0.488 e. The molecular formula is C17H13Cl2F3O4. The normalized spacial score (nSPS) is 12.4. The van der Waals surface area contributed by atoms with Gasteiger partial charge in [-0.25, -0.2) is 4.79 Å². The fourth-order valence-corrected chi connectivity index (χ4v) is 2.35. The topological polar surface area (TPSA) is 44.8 Å². The van der Waals surface area contributed by atoms with E-state index in [4.69, 9.17) is 32.7 Å². The molecule has 9 heteroatoms. The van der Waals surface area contributed by atoms with Crippen LogP contribution in [0.2, 0.25) is 10.0 Å². The van der Waals surface area contributed by atoms with Crippen molar-refractivity contribution in [1.82, 2.24) is 0 Å². The standard InChI is InChI=1S/C17H13Cl2F3O4/c1-24-16(23)15(26-14-5-3-2-4-11(14)18)9-25-13-7-6-10(8-12(13)19)17(20,21)22/h2-8,15H,9H2,1H3. The number of carbonyl (C=O) groups is 1. The lowest BCUT2D eigenvalue weighted by Crippen LogP contribution is -2.34. The van der Waals surface area contributed by atoms with Gasteiger partial charge < -0.3 is 14.2 Å². The maximum atomic E-state index is 12.7. The molecular weight excluding hydrogens is 396 g/mol. The van der Waals surface area contributed by atoms with E-state index < -0.39 is 23.8 Å². The molecule has 4 nitrogen and oxygen atoms in total. The lowest BCUT2D eigenvalue weighted by molar-refractivity contribution is -0.150. The van der Waals surface area contributed by atoms with E-state index in [9.17, 15) is 18.0 Å². The number of hydrogen-bond donors (Lipinski definition) is 0. The Morgan fingerprint density at radius 1 is 1.08 bits per heavy atom. The molecule has 0 aliphatic heterocycles. The molecule has 0 aromatic heterocycles. The zero-order valence-corrected chi connectivity index (χ0v) is 14.9. The maximum Gasteiger partial charge on any atom is 0.416 e. The van der Waals surface area contributed by atoms with E-state index in [1.807, 2.05) is 0 Å². The molecule has 26 heavy (non-hydrogen) atoms. The molecule has 0 bridgehead atoms. The van der Waals surface area contributed by atoms with E-state index in [1.54, 1.807) is 24.3 Å². The Hall–Kier alpha value is -2.12. The first-order valence-electron chi connectivity index (χ1n) is 7.21. The van der Waals surface area contributed by atoms with Gasteiger partial charge in [0.05, 0.1) is 22.7 Å². The molecule has 0 fully saturated rings. The molecule has 140 valence electrons. The molecule has 0 amide bonds. The van der Waals surface area contributed by atoms with E-state index in [1.165, 1.54) is 0 Å². The first kappa shape index (κ1) is 20.2. The maximum absolute atomic E-state index is 12.7. The summed E-state index contributed by atoms with van der Waals surface area (Å²) in [7, 11) is 1.16. The summed E-state index contributed by atoms with van der Waals surface area (Å²) >= 11 is 11.8. The van der Waals surface area contributed by atoms with Gasteiger partial charge in [-0.05, 0) is 30.3 Å². The number of alkyl halides is 3. The van der Waals surface area contributed by atoms with Crippen LogP contribution >= 0.6 is 23.2 Å². The summed E-state index contributed by atoms with van der Waals surface area (Å²) in [5.74, 6) is -0.545. The van der Waals surface area contributed by atoms with Crippen LogP contribution in [0.25, 0.3) is 0 Å². The van der Waals surface area contributed by atoms with Crippen LogP contribution in [0, 0.1) is 0 Å². The Kier molecular flexibility index (Phi) is 6.61. The monoisotopic (exact) mass is 408 g/mol. The van der Waals surface area contributed by atoms with Gasteiger partial charge in [-0.2, -0.15) is 13.2 Å². The third-order valence-electron chi connectivity index (χ3n) is 3.22. The van der Waals surface area contributed by atoms with Gasteiger partial charge in [0.15, 0.2) is 0 Å². The predicted octanol–water partition coefficient (Wildman–Crippen LogP) is 5.01. The van der Waals surface area contributed by atoms with Crippen LogP contribution in [0.5, 0.6) is 11.5 Å². The van der Waals surface area contributed by atoms with Crippen molar-refractivity contribution >= 4 is 29.2 Å². The van der Waals surface area contributed by atoms with Crippen LogP contribution in [0.15, 0.2) is 42.5 Å².